The SMILES string of the molecule is C[C@H](Oc1ccccc1)C(=O)N=C1S[C@H]2CS(=O)(=O)C[C@@H]2N1Cc1ccc(F)cc1. The number of sulfone groups is 1. The number of amides is 1. The minimum Gasteiger partial charge on any atom is -0.481 e. The molecule has 0 aliphatic carbocycles. The van der Waals surface area contributed by atoms with Crippen molar-refractivity contribution >= 4 is 32.7 Å². The number of fused-ring (bicyclic) bond motifs is 1. The average Bonchev–Trinajstić information content (AvgIpc) is 3.16. The Hall–Kier alpha value is -2.39. The summed E-state index contributed by atoms with van der Waals surface area (Å²) in [5.74, 6) is -0.121. The van der Waals surface area contributed by atoms with Crippen LogP contribution in [0.5, 0.6) is 5.75 Å². The third kappa shape index (κ3) is 4.67. The van der Waals surface area contributed by atoms with Gasteiger partial charge in [0.15, 0.2) is 21.1 Å². The van der Waals surface area contributed by atoms with Crippen LogP contribution in [-0.2, 0) is 21.2 Å². The van der Waals surface area contributed by atoms with E-state index in [1.54, 1.807) is 31.2 Å². The summed E-state index contributed by atoms with van der Waals surface area (Å²) >= 11 is 1.31. The highest BCUT2D eigenvalue weighted by Crippen LogP contribution is 2.39. The van der Waals surface area contributed by atoms with Gasteiger partial charge in [-0.05, 0) is 36.8 Å². The zero-order valence-electron chi connectivity index (χ0n) is 16.3. The molecule has 2 heterocycles. The second-order valence-corrected chi connectivity index (χ2v) is 10.7. The third-order valence-corrected chi connectivity index (χ3v) is 8.30. The predicted molar refractivity (Wildman–Crippen MR) is 115 cm³/mol. The van der Waals surface area contributed by atoms with Gasteiger partial charge in [-0.15, -0.1) is 0 Å². The number of ether oxygens (including phenoxy) is 1. The van der Waals surface area contributed by atoms with Gasteiger partial charge in [0.1, 0.15) is 11.6 Å². The summed E-state index contributed by atoms with van der Waals surface area (Å²) in [4.78, 5) is 18.8. The maximum Gasteiger partial charge on any atom is 0.288 e. The van der Waals surface area contributed by atoms with Gasteiger partial charge in [-0.2, -0.15) is 4.99 Å². The number of hydrogen-bond acceptors (Lipinski definition) is 5. The van der Waals surface area contributed by atoms with E-state index in [1.165, 1.54) is 23.9 Å². The molecule has 0 unspecified atom stereocenters. The van der Waals surface area contributed by atoms with Crippen molar-refractivity contribution in [3.05, 3.63) is 66.0 Å². The van der Waals surface area contributed by atoms with E-state index in [1.807, 2.05) is 23.1 Å². The monoisotopic (exact) mass is 448 g/mol. The highest BCUT2D eigenvalue weighted by Gasteiger charge is 2.48. The van der Waals surface area contributed by atoms with E-state index in [-0.39, 0.29) is 28.6 Å². The molecule has 2 fully saturated rings. The summed E-state index contributed by atoms with van der Waals surface area (Å²) in [7, 11) is -3.13. The zero-order valence-corrected chi connectivity index (χ0v) is 17.9. The lowest BCUT2D eigenvalue weighted by atomic mass is 10.1. The largest absolute Gasteiger partial charge is 0.481 e. The molecule has 2 aromatic rings. The number of nitrogens with zero attached hydrogens (tertiary/aromatic N) is 2. The number of benzene rings is 2. The lowest BCUT2D eigenvalue weighted by Crippen LogP contribution is -2.37. The van der Waals surface area contributed by atoms with E-state index in [2.05, 4.69) is 4.99 Å². The van der Waals surface area contributed by atoms with Crippen LogP contribution in [0, 0.1) is 5.82 Å². The molecule has 4 rings (SSSR count). The number of para-hydroxylation sites is 1. The van der Waals surface area contributed by atoms with Crippen molar-refractivity contribution in [1.82, 2.24) is 4.90 Å². The van der Waals surface area contributed by atoms with Gasteiger partial charge in [-0.25, -0.2) is 12.8 Å². The number of rotatable bonds is 5. The van der Waals surface area contributed by atoms with Crippen LogP contribution < -0.4 is 4.74 Å². The molecular formula is C21H21FN2O4S2. The first-order valence-electron chi connectivity index (χ1n) is 9.53. The molecule has 0 spiro atoms. The van der Waals surface area contributed by atoms with Crippen molar-refractivity contribution in [3.63, 3.8) is 0 Å². The van der Waals surface area contributed by atoms with Crippen molar-refractivity contribution in [2.24, 2.45) is 4.99 Å². The summed E-state index contributed by atoms with van der Waals surface area (Å²) in [5.41, 5.74) is 0.815. The van der Waals surface area contributed by atoms with E-state index in [0.717, 1.165) is 5.56 Å². The van der Waals surface area contributed by atoms with Crippen LogP contribution in [0.2, 0.25) is 0 Å². The fourth-order valence-corrected chi connectivity index (χ4v) is 7.50. The van der Waals surface area contributed by atoms with Crippen molar-refractivity contribution < 1.29 is 22.3 Å². The zero-order chi connectivity index (χ0) is 21.3. The molecule has 1 amide bonds. The maximum absolute atomic E-state index is 13.3. The second-order valence-electron chi connectivity index (χ2n) is 7.36. The summed E-state index contributed by atoms with van der Waals surface area (Å²) < 4.78 is 43.1. The Bertz CT molecular complexity index is 1060. The Morgan fingerprint density at radius 1 is 1.20 bits per heavy atom. The van der Waals surface area contributed by atoms with E-state index in [9.17, 15) is 17.6 Å². The Balaban J connectivity index is 1.55. The van der Waals surface area contributed by atoms with E-state index < -0.39 is 21.8 Å². The van der Waals surface area contributed by atoms with Crippen LogP contribution in [0.1, 0.15) is 12.5 Å². The number of carbonyl (C=O) groups excluding carboxylic acids is 1. The summed E-state index contributed by atoms with van der Waals surface area (Å²) in [6.45, 7) is 1.98. The number of hydrogen-bond donors (Lipinski definition) is 0. The standard InChI is InChI=1S/C21H21FN2O4S2/c1-14(28-17-5-3-2-4-6-17)20(25)23-21-24(11-15-7-9-16(22)10-8-15)18-12-30(26,27)13-19(18)29-21/h2-10,14,18-19H,11-13H2,1H3/t14-,18-,19-/m0/s1. The lowest BCUT2D eigenvalue weighted by Gasteiger charge is -2.24. The fourth-order valence-electron chi connectivity index (χ4n) is 3.55. The second kappa shape index (κ2) is 8.39. The average molecular weight is 449 g/mol. The molecule has 30 heavy (non-hydrogen) atoms. The van der Waals surface area contributed by atoms with E-state index in [0.29, 0.717) is 17.5 Å². The summed E-state index contributed by atoms with van der Waals surface area (Å²) in [5, 5.41) is 0.310. The van der Waals surface area contributed by atoms with Crippen molar-refractivity contribution in [1.29, 1.82) is 0 Å². The smallest absolute Gasteiger partial charge is 0.288 e. The van der Waals surface area contributed by atoms with Crippen LogP contribution in [0.4, 0.5) is 4.39 Å². The molecule has 2 aliphatic heterocycles. The Morgan fingerprint density at radius 2 is 1.90 bits per heavy atom. The van der Waals surface area contributed by atoms with E-state index >= 15 is 0 Å². The quantitative estimate of drug-likeness (QED) is 0.700. The van der Waals surface area contributed by atoms with Gasteiger partial charge in [0.05, 0.1) is 17.5 Å². The molecule has 0 bridgehead atoms. The topological polar surface area (TPSA) is 76.0 Å². The minimum absolute atomic E-state index is 0.0230. The number of carbonyl (C=O) groups is 1. The maximum atomic E-state index is 13.3. The molecule has 0 radical (unpaired) electrons. The molecular weight excluding hydrogens is 427 g/mol. The summed E-state index contributed by atoms with van der Waals surface area (Å²) in [6.07, 6.45) is -0.780. The molecule has 0 saturated carbocycles. The van der Waals surface area contributed by atoms with Gasteiger partial charge in [-0.3, -0.25) is 4.79 Å². The van der Waals surface area contributed by atoms with Gasteiger partial charge in [0.25, 0.3) is 5.91 Å². The number of halogens is 1. The van der Waals surface area contributed by atoms with Crippen molar-refractivity contribution in [2.75, 3.05) is 11.5 Å². The van der Waals surface area contributed by atoms with Gasteiger partial charge in [0, 0.05) is 11.8 Å². The van der Waals surface area contributed by atoms with Gasteiger partial charge in [-0.1, -0.05) is 42.1 Å². The number of thioether (sulfide) groups is 1. The number of amidine groups is 1. The molecule has 158 valence electrons. The highest BCUT2D eigenvalue weighted by atomic mass is 32.2. The predicted octanol–water partition coefficient (Wildman–Crippen LogP) is 2.89. The normalized spacial score (nSPS) is 24.6. The minimum atomic E-state index is -3.13. The van der Waals surface area contributed by atoms with Crippen molar-refractivity contribution in [2.45, 2.75) is 30.9 Å². The first-order valence-corrected chi connectivity index (χ1v) is 12.2. The molecule has 2 aliphatic rings. The fraction of sp³-hybridized carbons (Fsp3) is 0.333. The Labute approximate surface area is 179 Å². The summed E-state index contributed by atoms with van der Waals surface area (Å²) in [6, 6.07) is 14.8. The highest BCUT2D eigenvalue weighted by molar-refractivity contribution is 8.15. The Morgan fingerprint density at radius 3 is 2.60 bits per heavy atom. The van der Waals surface area contributed by atoms with Crippen LogP contribution in [0.3, 0.4) is 0 Å². The van der Waals surface area contributed by atoms with Crippen molar-refractivity contribution in [3.8, 4) is 5.75 Å². The van der Waals surface area contributed by atoms with Gasteiger partial charge in [0.2, 0.25) is 0 Å². The molecule has 6 nitrogen and oxygen atoms in total. The van der Waals surface area contributed by atoms with Crippen LogP contribution in [0.15, 0.2) is 59.6 Å². The van der Waals surface area contributed by atoms with Gasteiger partial charge >= 0.3 is 0 Å². The molecule has 3 atom stereocenters. The van der Waals surface area contributed by atoms with Crippen LogP contribution >= 0.6 is 11.8 Å². The van der Waals surface area contributed by atoms with Crippen LogP contribution in [-0.4, -0.2) is 53.3 Å². The molecule has 0 N–H and O–H groups in total. The number of aliphatic imine (C=N–C) groups is 1. The first-order chi connectivity index (χ1) is 14.3. The first kappa shape index (κ1) is 20.9. The Kier molecular flexibility index (Phi) is 5.84. The molecule has 2 saturated heterocycles. The molecule has 2 aromatic carbocycles. The molecule has 0 aromatic heterocycles. The van der Waals surface area contributed by atoms with Gasteiger partial charge < -0.3 is 9.64 Å². The molecule has 9 heteroatoms. The third-order valence-electron chi connectivity index (χ3n) is 5.05. The lowest BCUT2D eigenvalue weighted by molar-refractivity contribution is -0.123. The van der Waals surface area contributed by atoms with Crippen LogP contribution in [0.25, 0.3) is 0 Å². The van der Waals surface area contributed by atoms with E-state index in [4.69, 9.17) is 4.74 Å².